The van der Waals surface area contributed by atoms with Gasteiger partial charge in [-0.1, -0.05) is 22.9 Å². The van der Waals surface area contributed by atoms with E-state index in [1.54, 1.807) is 0 Å². The van der Waals surface area contributed by atoms with Crippen LogP contribution in [0.5, 0.6) is 0 Å². The van der Waals surface area contributed by atoms with Crippen molar-refractivity contribution in [1.29, 1.82) is 0 Å². The Morgan fingerprint density at radius 2 is 1.62 bits per heavy atom. The third-order valence-electron chi connectivity index (χ3n) is 4.87. The van der Waals surface area contributed by atoms with Crippen molar-refractivity contribution in [2.45, 2.75) is 40.0 Å². The summed E-state index contributed by atoms with van der Waals surface area (Å²) in [5.74, 6) is 0.329. The Bertz CT molecular complexity index is 602. The molecule has 1 saturated heterocycles. The Hall–Kier alpha value is -1.16. The summed E-state index contributed by atoms with van der Waals surface area (Å²) in [6, 6.07) is 3.85. The standard InChI is InChI=1S/C17H20BrNO2/c1-9-4-5-13-14(6-9)17(21)19(16(13)20)12-7-10(2)15(18)11(3)8-12/h7-9,13-14H,4-6H2,1-3H3/t9-,13-,14-/m1/s1. The van der Waals surface area contributed by atoms with Gasteiger partial charge >= 0.3 is 0 Å². The lowest BCUT2D eigenvalue weighted by atomic mass is 9.76. The van der Waals surface area contributed by atoms with E-state index in [1.807, 2.05) is 26.0 Å². The van der Waals surface area contributed by atoms with Crippen molar-refractivity contribution in [2.24, 2.45) is 17.8 Å². The average molecular weight is 350 g/mol. The molecule has 1 aliphatic carbocycles. The third-order valence-corrected chi connectivity index (χ3v) is 6.12. The van der Waals surface area contributed by atoms with Crippen molar-refractivity contribution in [3.63, 3.8) is 0 Å². The summed E-state index contributed by atoms with van der Waals surface area (Å²) in [4.78, 5) is 26.8. The number of hydrogen-bond acceptors (Lipinski definition) is 2. The molecule has 3 atom stereocenters. The molecule has 1 saturated carbocycles. The Kier molecular flexibility index (Phi) is 3.68. The summed E-state index contributed by atoms with van der Waals surface area (Å²) in [7, 11) is 0. The molecule has 0 radical (unpaired) electrons. The number of aryl methyl sites for hydroxylation is 2. The Balaban J connectivity index is 1.99. The van der Waals surface area contributed by atoms with Crippen LogP contribution in [-0.4, -0.2) is 11.8 Å². The number of hydrogen-bond donors (Lipinski definition) is 0. The van der Waals surface area contributed by atoms with Crippen LogP contribution in [0.1, 0.15) is 37.3 Å². The predicted molar refractivity (Wildman–Crippen MR) is 86.1 cm³/mol. The second-order valence-corrected chi connectivity index (χ2v) is 7.33. The van der Waals surface area contributed by atoms with Crippen LogP contribution in [0.4, 0.5) is 5.69 Å². The predicted octanol–water partition coefficient (Wildman–Crippen LogP) is 3.99. The molecule has 3 rings (SSSR count). The second-order valence-electron chi connectivity index (χ2n) is 6.54. The van der Waals surface area contributed by atoms with Gasteiger partial charge in [-0.25, -0.2) is 0 Å². The first-order chi connectivity index (χ1) is 9.90. The first-order valence-corrected chi connectivity index (χ1v) is 8.34. The number of rotatable bonds is 1. The summed E-state index contributed by atoms with van der Waals surface area (Å²) in [6.45, 7) is 6.14. The molecule has 0 bridgehead atoms. The molecule has 2 fully saturated rings. The second kappa shape index (κ2) is 5.24. The highest BCUT2D eigenvalue weighted by molar-refractivity contribution is 9.10. The number of carbonyl (C=O) groups is 2. The normalized spacial score (nSPS) is 29.0. The van der Waals surface area contributed by atoms with Crippen molar-refractivity contribution in [3.05, 3.63) is 27.7 Å². The van der Waals surface area contributed by atoms with Gasteiger partial charge in [0.1, 0.15) is 0 Å². The van der Waals surface area contributed by atoms with Crippen LogP contribution in [0.25, 0.3) is 0 Å². The van der Waals surface area contributed by atoms with Gasteiger partial charge < -0.3 is 0 Å². The monoisotopic (exact) mass is 349 g/mol. The fourth-order valence-corrected chi connectivity index (χ4v) is 3.93. The molecule has 0 aromatic heterocycles. The lowest BCUT2D eigenvalue weighted by Gasteiger charge is -2.25. The minimum atomic E-state index is -0.106. The minimum Gasteiger partial charge on any atom is -0.274 e. The van der Waals surface area contributed by atoms with Crippen LogP contribution in [-0.2, 0) is 9.59 Å². The van der Waals surface area contributed by atoms with Crippen molar-refractivity contribution in [2.75, 3.05) is 4.90 Å². The van der Waals surface area contributed by atoms with Gasteiger partial charge in [0.15, 0.2) is 0 Å². The molecular weight excluding hydrogens is 330 g/mol. The number of fused-ring (bicyclic) bond motifs is 1. The molecule has 0 N–H and O–H groups in total. The van der Waals surface area contributed by atoms with Crippen molar-refractivity contribution in [1.82, 2.24) is 0 Å². The molecule has 1 aromatic rings. The Morgan fingerprint density at radius 1 is 1.05 bits per heavy atom. The van der Waals surface area contributed by atoms with E-state index in [4.69, 9.17) is 0 Å². The zero-order valence-electron chi connectivity index (χ0n) is 12.6. The molecule has 4 heteroatoms. The summed E-state index contributed by atoms with van der Waals surface area (Å²) in [5, 5.41) is 0. The van der Waals surface area contributed by atoms with Crippen LogP contribution in [0, 0.1) is 31.6 Å². The van der Waals surface area contributed by atoms with Crippen LogP contribution in [0.2, 0.25) is 0 Å². The van der Waals surface area contributed by atoms with Gasteiger partial charge in [0, 0.05) is 4.47 Å². The van der Waals surface area contributed by atoms with Gasteiger partial charge in [0.05, 0.1) is 17.5 Å². The van der Waals surface area contributed by atoms with E-state index in [1.165, 1.54) is 4.90 Å². The molecule has 1 heterocycles. The van der Waals surface area contributed by atoms with Gasteiger partial charge in [-0.15, -0.1) is 0 Å². The third kappa shape index (κ3) is 2.33. The minimum absolute atomic E-state index is 0.00183. The van der Waals surface area contributed by atoms with E-state index in [0.717, 1.165) is 40.5 Å². The fraction of sp³-hybridized carbons (Fsp3) is 0.529. The van der Waals surface area contributed by atoms with E-state index < -0.39 is 0 Å². The largest absolute Gasteiger partial charge is 0.274 e. The highest BCUT2D eigenvalue weighted by Gasteiger charge is 2.50. The zero-order chi connectivity index (χ0) is 15.3. The number of amides is 2. The molecule has 2 aliphatic rings. The fourth-order valence-electron chi connectivity index (χ4n) is 3.70. The SMILES string of the molecule is Cc1cc(N2C(=O)[C@@H]3CC[C@@H](C)C[C@H]3C2=O)cc(C)c1Br. The smallest absolute Gasteiger partial charge is 0.237 e. The van der Waals surface area contributed by atoms with E-state index in [-0.39, 0.29) is 23.7 Å². The first kappa shape index (κ1) is 14.8. The Labute approximate surface area is 133 Å². The molecule has 0 spiro atoms. The molecule has 112 valence electrons. The average Bonchev–Trinajstić information content (AvgIpc) is 2.67. The quantitative estimate of drug-likeness (QED) is 0.718. The highest BCUT2D eigenvalue weighted by Crippen LogP contribution is 2.42. The lowest BCUT2D eigenvalue weighted by molar-refractivity contribution is -0.122. The summed E-state index contributed by atoms with van der Waals surface area (Å²) in [5.41, 5.74) is 2.83. The molecule has 2 amide bonds. The number of anilines is 1. The number of carbonyl (C=O) groups excluding carboxylic acids is 2. The lowest BCUT2D eigenvalue weighted by Crippen LogP contribution is -2.31. The van der Waals surface area contributed by atoms with Crippen LogP contribution < -0.4 is 4.90 Å². The van der Waals surface area contributed by atoms with E-state index in [9.17, 15) is 9.59 Å². The maximum atomic E-state index is 12.7. The first-order valence-electron chi connectivity index (χ1n) is 7.54. The Morgan fingerprint density at radius 3 is 2.24 bits per heavy atom. The van der Waals surface area contributed by atoms with Gasteiger partial charge in [-0.3, -0.25) is 14.5 Å². The van der Waals surface area contributed by atoms with Crippen LogP contribution >= 0.6 is 15.9 Å². The number of halogens is 1. The van der Waals surface area contributed by atoms with Gasteiger partial charge in [0.25, 0.3) is 0 Å². The van der Waals surface area contributed by atoms with Crippen LogP contribution in [0.15, 0.2) is 16.6 Å². The van der Waals surface area contributed by atoms with Crippen molar-refractivity contribution < 1.29 is 9.59 Å². The molecule has 1 aromatic carbocycles. The molecule has 0 unspecified atom stereocenters. The summed E-state index contributed by atoms with van der Waals surface area (Å²) < 4.78 is 1.04. The summed E-state index contributed by atoms with van der Waals surface area (Å²) in [6.07, 6.45) is 2.74. The highest BCUT2D eigenvalue weighted by atomic mass is 79.9. The summed E-state index contributed by atoms with van der Waals surface area (Å²) >= 11 is 3.53. The number of nitrogens with zero attached hydrogens (tertiary/aromatic N) is 1. The maximum absolute atomic E-state index is 12.7. The van der Waals surface area contributed by atoms with Crippen molar-refractivity contribution >= 4 is 33.4 Å². The van der Waals surface area contributed by atoms with Gasteiger partial charge in [0.2, 0.25) is 11.8 Å². The molecular formula is C17H20BrNO2. The van der Waals surface area contributed by atoms with E-state index in [2.05, 4.69) is 22.9 Å². The molecule has 21 heavy (non-hydrogen) atoms. The van der Waals surface area contributed by atoms with Crippen molar-refractivity contribution in [3.8, 4) is 0 Å². The van der Waals surface area contributed by atoms with E-state index in [0.29, 0.717) is 5.92 Å². The van der Waals surface area contributed by atoms with Gasteiger partial charge in [-0.05, 0) is 62.3 Å². The van der Waals surface area contributed by atoms with Crippen LogP contribution in [0.3, 0.4) is 0 Å². The molecule has 3 nitrogen and oxygen atoms in total. The van der Waals surface area contributed by atoms with E-state index >= 15 is 0 Å². The molecule has 1 aliphatic heterocycles. The van der Waals surface area contributed by atoms with Gasteiger partial charge in [-0.2, -0.15) is 0 Å². The number of imide groups is 1. The maximum Gasteiger partial charge on any atom is 0.237 e. The zero-order valence-corrected chi connectivity index (χ0v) is 14.2. The number of benzene rings is 1. The topological polar surface area (TPSA) is 37.4 Å².